The second-order valence-corrected chi connectivity index (χ2v) is 12.0. The van der Waals surface area contributed by atoms with Crippen LogP contribution in [-0.2, 0) is 20.9 Å². The summed E-state index contributed by atoms with van der Waals surface area (Å²) in [5.74, 6) is -1.14. The second-order valence-electron chi connectivity index (χ2n) is 12.0. The number of rotatable bonds is 8. The largest absolute Gasteiger partial charge is 0.481 e. The maximum Gasteiger partial charge on any atom is 0.408 e. The van der Waals surface area contributed by atoms with Gasteiger partial charge in [-0.15, -0.1) is 0 Å². The van der Waals surface area contributed by atoms with Crippen LogP contribution in [0.25, 0.3) is 11.1 Å². The van der Waals surface area contributed by atoms with Crippen molar-refractivity contribution in [2.24, 2.45) is 11.8 Å². The predicted octanol–water partition coefficient (Wildman–Crippen LogP) is 4.74. The average Bonchev–Trinajstić information content (AvgIpc) is 3.66. The Morgan fingerprint density at radius 3 is 2.24 bits per heavy atom. The van der Waals surface area contributed by atoms with Crippen molar-refractivity contribution in [3.8, 4) is 11.1 Å². The van der Waals surface area contributed by atoms with Gasteiger partial charge in [0.05, 0.1) is 6.42 Å². The quantitative estimate of drug-likeness (QED) is 0.408. The standard InChI is InChI=1S/C34H37N3O5/c1-23-18-37(20-25(23)17-31(38)39)32(40)34(15-16-36(22-34)19-24-9-3-2-4-10-24)35-33(41)42-21-30-28-13-7-5-11-26(28)27-12-6-8-14-29(27)30/h2-14,23,25,30H,15-22H2,1H3,(H,35,41)(H,38,39). The van der Waals surface area contributed by atoms with Crippen molar-refractivity contribution in [2.75, 3.05) is 32.8 Å². The third kappa shape index (κ3) is 5.51. The van der Waals surface area contributed by atoms with E-state index in [9.17, 15) is 19.5 Å². The minimum absolute atomic E-state index is 0.0257. The van der Waals surface area contributed by atoms with Gasteiger partial charge < -0.3 is 20.1 Å². The molecule has 3 aromatic rings. The van der Waals surface area contributed by atoms with Crippen molar-refractivity contribution in [1.82, 2.24) is 15.1 Å². The zero-order chi connectivity index (χ0) is 29.3. The van der Waals surface area contributed by atoms with Crippen molar-refractivity contribution in [3.63, 3.8) is 0 Å². The maximum absolute atomic E-state index is 14.1. The van der Waals surface area contributed by atoms with Crippen LogP contribution in [0.15, 0.2) is 78.9 Å². The summed E-state index contributed by atoms with van der Waals surface area (Å²) in [4.78, 5) is 42.9. The Bertz CT molecular complexity index is 1430. The topological polar surface area (TPSA) is 99.2 Å². The Morgan fingerprint density at radius 2 is 1.57 bits per heavy atom. The van der Waals surface area contributed by atoms with Crippen LogP contribution in [0.4, 0.5) is 4.79 Å². The van der Waals surface area contributed by atoms with Crippen molar-refractivity contribution in [1.29, 1.82) is 0 Å². The first-order valence-electron chi connectivity index (χ1n) is 14.7. The Hall–Kier alpha value is -4.17. The maximum atomic E-state index is 14.1. The summed E-state index contributed by atoms with van der Waals surface area (Å²) in [7, 11) is 0. The Kier molecular flexibility index (Phi) is 7.73. The molecule has 2 amide bonds. The van der Waals surface area contributed by atoms with Gasteiger partial charge in [0.1, 0.15) is 12.1 Å². The van der Waals surface area contributed by atoms with E-state index in [0.29, 0.717) is 39.1 Å². The summed E-state index contributed by atoms with van der Waals surface area (Å²) in [5.41, 5.74) is 4.55. The van der Waals surface area contributed by atoms with E-state index < -0.39 is 17.6 Å². The summed E-state index contributed by atoms with van der Waals surface area (Å²) in [5, 5.41) is 12.4. The van der Waals surface area contributed by atoms with E-state index in [0.717, 1.165) is 27.8 Å². The number of benzene rings is 3. The van der Waals surface area contributed by atoms with Crippen LogP contribution < -0.4 is 5.32 Å². The van der Waals surface area contributed by atoms with Crippen molar-refractivity contribution in [2.45, 2.75) is 37.8 Å². The lowest BCUT2D eigenvalue weighted by Gasteiger charge is -2.33. The van der Waals surface area contributed by atoms with Gasteiger partial charge in [-0.05, 0) is 46.1 Å². The zero-order valence-electron chi connectivity index (χ0n) is 23.9. The molecule has 3 aromatic carbocycles. The smallest absolute Gasteiger partial charge is 0.408 e. The second kappa shape index (κ2) is 11.6. The number of hydrogen-bond acceptors (Lipinski definition) is 5. The van der Waals surface area contributed by atoms with Gasteiger partial charge in [0.2, 0.25) is 5.91 Å². The van der Waals surface area contributed by atoms with Crippen molar-refractivity contribution in [3.05, 3.63) is 95.6 Å². The summed E-state index contributed by atoms with van der Waals surface area (Å²) in [6.07, 6.45) is -0.129. The number of nitrogens with one attached hydrogen (secondary N) is 1. The number of likely N-dealkylation sites (tertiary alicyclic amines) is 2. The molecule has 0 spiro atoms. The molecule has 2 fully saturated rings. The lowest BCUT2D eigenvalue weighted by Crippen LogP contribution is -2.61. The SMILES string of the molecule is CC1CN(C(=O)C2(NC(=O)OCC3c4ccccc4-c4ccccc43)CCN(Cc3ccccc3)C2)CC1CC(=O)O. The van der Waals surface area contributed by atoms with Gasteiger partial charge in [0.25, 0.3) is 0 Å². The molecule has 8 heteroatoms. The minimum atomic E-state index is -1.14. The number of carbonyl (C=O) groups excluding carboxylic acids is 2. The molecule has 0 saturated carbocycles. The molecule has 1 aliphatic carbocycles. The number of amides is 2. The lowest BCUT2D eigenvalue weighted by molar-refractivity contribution is -0.139. The van der Waals surface area contributed by atoms with Crippen LogP contribution in [0.2, 0.25) is 0 Å². The van der Waals surface area contributed by atoms with E-state index in [1.165, 1.54) is 0 Å². The highest BCUT2D eigenvalue weighted by Crippen LogP contribution is 2.44. The van der Waals surface area contributed by atoms with Gasteiger partial charge in [-0.25, -0.2) is 4.79 Å². The zero-order valence-corrected chi connectivity index (χ0v) is 23.9. The summed E-state index contributed by atoms with van der Waals surface area (Å²) < 4.78 is 5.87. The number of fused-ring (bicyclic) bond motifs is 3. The Balaban J connectivity index is 1.19. The predicted molar refractivity (Wildman–Crippen MR) is 159 cm³/mol. The fraction of sp³-hybridized carbons (Fsp3) is 0.382. The number of hydrogen-bond donors (Lipinski definition) is 2. The third-order valence-electron chi connectivity index (χ3n) is 9.18. The van der Waals surface area contributed by atoms with E-state index in [1.54, 1.807) is 4.90 Å². The van der Waals surface area contributed by atoms with Gasteiger partial charge in [0, 0.05) is 38.6 Å². The molecular formula is C34H37N3O5. The number of alkyl carbamates (subject to hydrolysis) is 1. The van der Waals surface area contributed by atoms with E-state index >= 15 is 0 Å². The number of carbonyl (C=O) groups is 3. The fourth-order valence-corrected chi connectivity index (χ4v) is 7.02. The first-order valence-corrected chi connectivity index (χ1v) is 14.7. The highest BCUT2D eigenvalue weighted by Gasteiger charge is 2.50. The van der Waals surface area contributed by atoms with Gasteiger partial charge in [-0.3, -0.25) is 14.5 Å². The van der Waals surface area contributed by atoms with Crippen LogP contribution in [0.3, 0.4) is 0 Å². The molecular weight excluding hydrogens is 530 g/mol. The molecule has 3 aliphatic rings. The highest BCUT2D eigenvalue weighted by molar-refractivity contribution is 5.91. The molecule has 3 atom stereocenters. The number of carboxylic acids is 1. The van der Waals surface area contributed by atoms with E-state index in [1.807, 2.05) is 49.4 Å². The monoisotopic (exact) mass is 567 g/mol. The number of carboxylic acid groups (broad SMARTS) is 1. The molecule has 2 heterocycles. The van der Waals surface area contributed by atoms with Crippen LogP contribution in [-0.4, -0.2) is 71.2 Å². The molecule has 42 heavy (non-hydrogen) atoms. The molecule has 6 rings (SSSR count). The molecule has 2 saturated heterocycles. The van der Waals surface area contributed by atoms with E-state index in [2.05, 4.69) is 46.6 Å². The first kappa shape index (κ1) is 28.0. The Labute approximate surface area is 246 Å². The van der Waals surface area contributed by atoms with Crippen LogP contribution in [0, 0.1) is 11.8 Å². The summed E-state index contributed by atoms with van der Waals surface area (Å²) in [6.45, 7) is 4.68. The molecule has 0 aromatic heterocycles. The van der Waals surface area contributed by atoms with Gasteiger partial charge in [-0.2, -0.15) is 0 Å². The molecule has 2 aliphatic heterocycles. The molecule has 0 bridgehead atoms. The normalized spacial score (nSPS) is 23.4. The fourth-order valence-electron chi connectivity index (χ4n) is 7.02. The molecule has 3 unspecified atom stereocenters. The van der Waals surface area contributed by atoms with Crippen LogP contribution >= 0.6 is 0 Å². The van der Waals surface area contributed by atoms with Gasteiger partial charge >= 0.3 is 12.1 Å². The van der Waals surface area contributed by atoms with Crippen LogP contribution in [0.5, 0.6) is 0 Å². The van der Waals surface area contributed by atoms with Gasteiger partial charge in [-0.1, -0.05) is 85.8 Å². The third-order valence-corrected chi connectivity index (χ3v) is 9.18. The molecule has 218 valence electrons. The Morgan fingerprint density at radius 1 is 0.929 bits per heavy atom. The molecule has 2 N–H and O–H groups in total. The van der Waals surface area contributed by atoms with Gasteiger partial charge in [0.15, 0.2) is 0 Å². The van der Waals surface area contributed by atoms with Crippen molar-refractivity contribution >= 4 is 18.0 Å². The molecule has 8 nitrogen and oxygen atoms in total. The number of ether oxygens (including phenoxy) is 1. The highest BCUT2D eigenvalue weighted by atomic mass is 16.5. The van der Waals surface area contributed by atoms with Crippen LogP contribution in [0.1, 0.15) is 42.4 Å². The first-order chi connectivity index (χ1) is 20.3. The number of nitrogens with zero attached hydrogens (tertiary/aromatic N) is 2. The summed E-state index contributed by atoms with van der Waals surface area (Å²) in [6, 6.07) is 26.4. The van der Waals surface area contributed by atoms with E-state index in [-0.39, 0.29) is 36.7 Å². The van der Waals surface area contributed by atoms with E-state index in [4.69, 9.17) is 4.74 Å². The lowest BCUT2D eigenvalue weighted by atomic mass is 9.95. The average molecular weight is 568 g/mol. The molecule has 0 radical (unpaired) electrons. The number of aliphatic carboxylic acids is 1. The van der Waals surface area contributed by atoms with Crippen molar-refractivity contribution < 1.29 is 24.2 Å². The summed E-state index contributed by atoms with van der Waals surface area (Å²) >= 11 is 0. The minimum Gasteiger partial charge on any atom is -0.481 e.